The Labute approximate surface area is 141 Å². The number of amides is 1. The fourth-order valence-corrected chi connectivity index (χ4v) is 3.18. The highest BCUT2D eigenvalue weighted by atomic mass is 16.5. The molecule has 1 heterocycles. The lowest BCUT2D eigenvalue weighted by molar-refractivity contribution is 0.0938. The molecule has 0 bridgehead atoms. The molecular weight excluding hydrogens is 306 g/mol. The topological polar surface area (TPSA) is 94.2 Å². The van der Waals surface area contributed by atoms with Crippen LogP contribution in [0.25, 0.3) is 11.0 Å². The zero-order valence-corrected chi connectivity index (χ0v) is 14.2. The lowest BCUT2D eigenvalue weighted by atomic mass is 10.1. The molecule has 0 aliphatic heterocycles. The molecule has 0 spiro atoms. The number of rotatable bonds is 6. The Kier molecular flexibility index (Phi) is 5.01. The number of hydrogen-bond acceptors (Lipinski definition) is 5. The smallest absolute Gasteiger partial charge is 0.251 e. The highest BCUT2D eigenvalue weighted by Crippen LogP contribution is 2.21. The summed E-state index contributed by atoms with van der Waals surface area (Å²) in [6.07, 6.45) is 2.78. The van der Waals surface area contributed by atoms with E-state index < -0.39 is 0 Å². The first kappa shape index (κ1) is 16.7. The van der Waals surface area contributed by atoms with E-state index in [0.29, 0.717) is 18.7 Å². The maximum atomic E-state index is 12.4. The standard InChI is InChI=1S/C17H25N5O2/c1-22-15-6-3-11(16(23)20-13-5-4-12(18)10-13)9-14(15)21-17(22)19-7-8-24-2/h3,6,9,12-13H,4-5,7-8,10,18H2,1-2H3,(H,19,21)(H,20,23). The number of carbonyl (C=O) groups excluding carboxylic acids is 1. The summed E-state index contributed by atoms with van der Waals surface area (Å²) in [4.78, 5) is 17.0. The van der Waals surface area contributed by atoms with Crippen LogP contribution in [-0.4, -0.2) is 47.8 Å². The lowest BCUT2D eigenvalue weighted by Crippen LogP contribution is -2.34. The number of carbonyl (C=O) groups is 1. The van der Waals surface area contributed by atoms with Gasteiger partial charge in [0.2, 0.25) is 5.95 Å². The maximum Gasteiger partial charge on any atom is 0.251 e. The summed E-state index contributed by atoms with van der Waals surface area (Å²) in [5, 5.41) is 6.30. The van der Waals surface area contributed by atoms with Gasteiger partial charge in [0.05, 0.1) is 17.6 Å². The quantitative estimate of drug-likeness (QED) is 0.693. The summed E-state index contributed by atoms with van der Waals surface area (Å²) >= 11 is 0. The van der Waals surface area contributed by atoms with Gasteiger partial charge in [-0.2, -0.15) is 0 Å². The zero-order valence-electron chi connectivity index (χ0n) is 14.2. The number of imidazole rings is 1. The van der Waals surface area contributed by atoms with Gasteiger partial charge in [-0.15, -0.1) is 0 Å². The van der Waals surface area contributed by atoms with Crippen molar-refractivity contribution in [2.45, 2.75) is 31.3 Å². The number of benzene rings is 1. The zero-order chi connectivity index (χ0) is 17.1. The van der Waals surface area contributed by atoms with Crippen LogP contribution in [0.3, 0.4) is 0 Å². The van der Waals surface area contributed by atoms with Gasteiger partial charge in [-0.1, -0.05) is 0 Å². The van der Waals surface area contributed by atoms with Gasteiger partial charge >= 0.3 is 0 Å². The minimum atomic E-state index is -0.0597. The summed E-state index contributed by atoms with van der Waals surface area (Å²) < 4.78 is 7.01. The average Bonchev–Trinajstić information content (AvgIpc) is 3.11. The van der Waals surface area contributed by atoms with Crippen LogP contribution in [-0.2, 0) is 11.8 Å². The average molecular weight is 331 g/mol. The molecule has 130 valence electrons. The first-order valence-corrected chi connectivity index (χ1v) is 8.34. The van der Waals surface area contributed by atoms with E-state index in [-0.39, 0.29) is 18.0 Å². The number of anilines is 1. The fourth-order valence-electron chi connectivity index (χ4n) is 3.18. The molecule has 2 aromatic rings. The van der Waals surface area contributed by atoms with E-state index in [2.05, 4.69) is 15.6 Å². The summed E-state index contributed by atoms with van der Waals surface area (Å²) in [6.45, 7) is 1.29. The molecule has 0 radical (unpaired) electrons. The number of nitrogens with zero attached hydrogens (tertiary/aromatic N) is 2. The SMILES string of the molecule is COCCNc1nc2cc(C(=O)NC3CCC(N)C3)ccc2n1C. The summed E-state index contributed by atoms with van der Waals surface area (Å²) in [5.41, 5.74) is 8.31. The molecule has 3 rings (SSSR count). The Morgan fingerprint density at radius 1 is 1.46 bits per heavy atom. The van der Waals surface area contributed by atoms with Crippen LogP contribution >= 0.6 is 0 Å². The Morgan fingerprint density at radius 2 is 2.29 bits per heavy atom. The third-order valence-electron chi connectivity index (χ3n) is 4.54. The first-order chi connectivity index (χ1) is 11.6. The van der Waals surface area contributed by atoms with Crippen molar-refractivity contribution in [2.75, 3.05) is 25.6 Å². The molecule has 1 amide bonds. The second kappa shape index (κ2) is 7.19. The fraction of sp³-hybridized carbons (Fsp3) is 0.529. The van der Waals surface area contributed by atoms with E-state index >= 15 is 0 Å². The van der Waals surface area contributed by atoms with Gasteiger partial charge in [0.15, 0.2) is 0 Å². The number of methoxy groups -OCH3 is 1. The Balaban J connectivity index is 1.74. The van der Waals surface area contributed by atoms with E-state index in [1.807, 2.05) is 29.8 Å². The van der Waals surface area contributed by atoms with Gasteiger partial charge in [-0.25, -0.2) is 4.98 Å². The molecule has 1 aliphatic carbocycles. The van der Waals surface area contributed by atoms with Crippen molar-refractivity contribution in [3.8, 4) is 0 Å². The minimum Gasteiger partial charge on any atom is -0.383 e. The first-order valence-electron chi connectivity index (χ1n) is 8.34. The van der Waals surface area contributed by atoms with Gasteiger partial charge in [-0.05, 0) is 37.5 Å². The van der Waals surface area contributed by atoms with Crippen molar-refractivity contribution >= 4 is 22.9 Å². The lowest BCUT2D eigenvalue weighted by Gasteiger charge is -2.12. The van der Waals surface area contributed by atoms with Crippen molar-refractivity contribution in [3.63, 3.8) is 0 Å². The molecule has 1 aliphatic rings. The van der Waals surface area contributed by atoms with Gasteiger partial charge < -0.3 is 25.7 Å². The summed E-state index contributed by atoms with van der Waals surface area (Å²) in [7, 11) is 3.61. The largest absolute Gasteiger partial charge is 0.383 e. The third kappa shape index (κ3) is 3.52. The third-order valence-corrected chi connectivity index (χ3v) is 4.54. The minimum absolute atomic E-state index is 0.0597. The molecular formula is C17H25N5O2. The van der Waals surface area contributed by atoms with E-state index in [0.717, 1.165) is 36.2 Å². The molecule has 1 fully saturated rings. The van der Waals surface area contributed by atoms with Crippen LogP contribution in [0, 0.1) is 0 Å². The molecule has 0 saturated heterocycles. The van der Waals surface area contributed by atoms with Crippen molar-refractivity contribution in [1.29, 1.82) is 0 Å². The monoisotopic (exact) mass is 331 g/mol. The van der Waals surface area contributed by atoms with E-state index in [9.17, 15) is 4.79 Å². The highest BCUT2D eigenvalue weighted by molar-refractivity contribution is 5.97. The predicted molar refractivity (Wildman–Crippen MR) is 94.2 cm³/mol. The Bertz CT molecular complexity index is 727. The van der Waals surface area contributed by atoms with Gasteiger partial charge in [0, 0.05) is 38.3 Å². The second-order valence-electron chi connectivity index (χ2n) is 6.36. The highest BCUT2D eigenvalue weighted by Gasteiger charge is 2.23. The van der Waals surface area contributed by atoms with Gasteiger partial charge in [0.1, 0.15) is 0 Å². The number of hydrogen-bond donors (Lipinski definition) is 3. The number of nitrogens with one attached hydrogen (secondary N) is 2. The van der Waals surface area contributed by atoms with E-state index in [1.54, 1.807) is 7.11 Å². The van der Waals surface area contributed by atoms with Crippen LogP contribution in [0.2, 0.25) is 0 Å². The van der Waals surface area contributed by atoms with Gasteiger partial charge in [0.25, 0.3) is 5.91 Å². The summed E-state index contributed by atoms with van der Waals surface area (Å²) in [5.74, 6) is 0.705. The van der Waals surface area contributed by atoms with Crippen molar-refractivity contribution < 1.29 is 9.53 Å². The predicted octanol–water partition coefficient (Wildman–Crippen LogP) is 1.24. The van der Waals surface area contributed by atoms with Crippen molar-refractivity contribution in [1.82, 2.24) is 14.9 Å². The molecule has 1 aromatic heterocycles. The maximum absolute atomic E-state index is 12.4. The van der Waals surface area contributed by atoms with E-state index in [1.165, 1.54) is 0 Å². The molecule has 4 N–H and O–H groups in total. The Hall–Kier alpha value is -2.12. The van der Waals surface area contributed by atoms with Crippen LogP contribution in [0.15, 0.2) is 18.2 Å². The molecule has 7 nitrogen and oxygen atoms in total. The molecule has 7 heteroatoms. The molecule has 1 saturated carbocycles. The molecule has 2 atom stereocenters. The summed E-state index contributed by atoms with van der Waals surface area (Å²) in [6, 6.07) is 5.99. The normalized spacial score (nSPS) is 20.5. The van der Waals surface area contributed by atoms with E-state index in [4.69, 9.17) is 10.5 Å². The number of aryl methyl sites for hydroxylation is 1. The molecule has 2 unspecified atom stereocenters. The van der Waals surface area contributed by atoms with Gasteiger partial charge in [-0.3, -0.25) is 4.79 Å². The number of fused-ring (bicyclic) bond motifs is 1. The van der Waals surface area contributed by atoms with Crippen LogP contribution in [0.5, 0.6) is 0 Å². The number of aromatic nitrogens is 2. The molecule has 24 heavy (non-hydrogen) atoms. The van der Waals surface area contributed by atoms with Crippen LogP contribution < -0.4 is 16.4 Å². The number of nitrogens with two attached hydrogens (primary N) is 1. The second-order valence-corrected chi connectivity index (χ2v) is 6.36. The van der Waals surface area contributed by atoms with Crippen molar-refractivity contribution in [3.05, 3.63) is 23.8 Å². The van der Waals surface area contributed by atoms with Crippen molar-refractivity contribution in [2.24, 2.45) is 12.8 Å². The number of ether oxygens (including phenoxy) is 1. The Morgan fingerprint density at radius 3 is 3.00 bits per heavy atom. The van der Waals surface area contributed by atoms with Crippen LogP contribution in [0.1, 0.15) is 29.6 Å². The van der Waals surface area contributed by atoms with Crippen LogP contribution in [0.4, 0.5) is 5.95 Å². The molecule has 1 aromatic carbocycles.